The minimum absolute atomic E-state index is 0.116. The van der Waals surface area contributed by atoms with Crippen molar-refractivity contribution in [2.45, 2.75) is 58.0 Å². The van der Waals surface area contributed by atoms with Crippen LogP contribution in [0.3, 0.4) is 0 Å². The molecule has 31 heavy (non-hydrogen) atoms. The molecule has 1 fully saturated rings. The third-order valence-electron chi connectivity index (χ3n) is 5.22. The van der Waals surface area contributed by atoms with Gasteiger partial charge in [-0.2, -0.15) is 0 Å². The number of likely N-dealkylation sites (tertiary alicyclic amines) is 1. The molecule has 0 aromatic heterocycles. The molecule has 0 radical (unpaired) electrons. The molecule has 1 N–H and O–H groups in total. The fraction of sp³-hybridized carbons (Fsp3) is 0.440. The largest absolute Gasteiger partial charge is 0.374 e. The van der Waals surface area contributed by atoms with Crippen molar-refractivity contribution in [1.82, 2.24) is 10.2 Å². The first-order valence-corrected chi connectivity index (χ1v) is 10.7. The van der Waals surface area contributed by atoms with Crippen LogP contribution in [0.15, 0.2) is 60.7 Å². The molecule has 2 amide bonds. The standard InChI is InChI=1S/C25H32N2O4/c1-18(28)26-23-22(17-31-25(2,3)4)27(24(23)29)21(20-13-9-6-10-14-20)16-30-15-19-11-7-5-8-12-19/h5-14,21-23H,15-17H2,1-4H3,(H,26,28)/t21-,22-,23-/m1/s1. The Morgan fingerprint density at radius 2 is 1.68 bits per heavy atom. The van der Waals surface area contributed by atoms with Crippen molar-refractivity contribution in [3.05, 3.63) is 71.8 Å². The Labute approximate surface area is 184 Å². The second-order valence-corrected chi connectivity index (χ2v) is 8.84. The number of hydrogen-bond acceptors (Lipinski definition) is 4. The zero-order valence-electron chi connectivity index (χ0n) is 18.7. The smallest absolute Gasteiger partial charge is 0.248 e. The van der Waals surface area contributed by atoms with Gasteiger partial charge in [0, 0.05) is 6.92 Å². The van der Waals surface area contributed by atoms with Crippen LogP contribution in [0.25, 0.3) is 0 Å². The summed E-state index contributed by atoms with van der Waals surface area (Å²) in [6.45, 7) is 8.50. The second kappa shape index (κ2) is 10.1. The third kappa shape index (κ3) is 6.15. The highest BCUT2D eigenvalue weighted by atomic mass is 16.5. The maximum atomic E-state index is 13.1. The van der Waals surface area contributed by atoms with E-state index in [0.29, 0.717) is 19.8 Å². The molecular formula is C25H32N2O4. The van der Waals surface area contributed by atoms with E-state index in [1.807, 2.05) is 81.4 Å². The van der Waals surface area contributed by atoms with Crippen LogP contribution in [0.4, 0.5) is 0 Å². The number of carbonyl (C=O) groups excluding carboxylic acids is 2. The highest BCUT2D eigenvalue weighted by molar-refractivity contribution is 5.93. The summed E-state index contributed by atoms with van der Waals surface area (Å²) in [4.78, 5) is 26.5. The van der Waals surface area contributed by atoms with Crippen molar-refractivity contribution in [2.75, 3.05) is 13.2 Å². The summed E-state index contributed by atoms with van der Waals surface area (Å²) in [7, 11) is 0. The van der Waals surface area contributed by atoms with E-state index >= 15 is 0 Å². The van der Waals surface area contributed by atoms with Crippen molar-refractivity contribution in [3.63, 3.8) is 0 Å². The molecule has 1 aliphatic heterocycles. The highest BCUT2D eigenvalue weighted by Gasteiger charge is 2.51. The minimum atomic E-state index is -0.583. The van der Waals surface area contributed by atoms with Crippen LogP contribution in [0.5, 0.6) is 0 Å². The summed E-state index contributed by atoms with van der Waals surface area (Å²) >= 11 is 0. The number of ether oxygens (including phenoxy) is 2. The van der Waals surface area contributed by atoms with Gasteiger partial charge in [-0.3, -0.25) is 9.59 Å². The average molecular weight is 425 g/mol. The first-order chi connectivity index (χ1) is 14.8. The molecule has 0 spiro atoms. The van der Waals surface area contributed by atoms with Gasteiger partial charge in [0.25, 0.3) is 0 Å². The van der Waals surface area contributed by atoms with Gasteiger partial charge in [0.15, 0.2) is 0 Å². The van der Waals surface area contributed by atoms with Crippen LogP contribution in [-0.4, -0.2) is 47.6 Å². The molecule has 3 rings (SSSR count). The Morgan fingerprint density at radius 1 is 1.06 bits per heavy atom. The number of benzene rings is 2. The predicted octanol–water partition coefficient (Wildman–Crippen LogP) is 3.48. The molecule has 0 bridgehead atoms. The van der Waals surface area contributed by atoms with Crippen molar-refractivity contribution < 1.29 is 19.1 Å². The van der Waals surface area contributed by atoms with Crippen LogP contribution >= 0.6 is 0 Å². The molecule has 0 aliphatic carbocycles. The molecule has 0 saturated carbocycles. The molecule has 1 heterocycles. The lowest BCUT2D eigenvalue weighted by Crippen LogP contribution is -2.73. The summed E-state index contributed by atoms with van der Waals surface area (Å²) < 4.78 is 12.0. The van der Waals surface area contributed by atoms with Gasteiger partial charge in [0.1, 0.15) is 6.04 Å². The number of hydrogen-bond donors (Lipinski definition) is 1. The molecular weight excluding hydrogens is 392 g/mol. The van der Waals surface area contributed by atoms with E-state index in [1.54, 1.807) is 4.90 Å². The zero-order valence-corrected chi connectivity index (χ0v) is 18.7. The van der Waals surface area contributed by atoms with E-state index in [1.165, 1.54) is 6.92 Å². The highest BCUT2D eigenvalue weighted by Crippen LogP contribution is 2.33. The lowest BCUT2D eigenvalue weighted by Gasteiger charge is -2.51. The first kappa shape index (κ1) is 23.0. The van der Waals surface area contributed by atoms with Gasteiger partial charge >= 0.3 is 0 Å². The van der Waals surface area contributed by atoms with Crippen molar-refractivity contribution in [2.24, 2.45) is 0 Å². The number of β-lactam (4-membered cyclic amide) rings is 1. The number of amides is 2. The van der Waals surface area contributed by atoms with E-state index in [9.17, 15) is 9.59 Å². The topological polar surface area (TPSA) is 67.9 Å². The fourth-order valence-corrected chi connectivity index (χ4v) is 3.72. The summed E-state index contributed by atoms with van der Waals surface area (Å²) in [6.07, 6.45) is 0. The Bertz CT molecular complexity index is 864. The fourth-order valence-electron chi connectivity index (χ4n) is 3.72. The van der Waals surface area contributed by atoms with E-state index < -0.39 is 6.04 Å². The number of rotatable bonds is 9. The van der Waals surface area contributed by atoms with E-state index in [-0.39, 0.29) is 29.5 Å². The Kier molecular flexibility index (Phi) is 7.46. The van der Waals surface area contributed by atoms with Crippen LogP contribution in [-0.2, 0) is 25.7 Å². The lowest BCUT2D eigenvalue weighted by atomic mass is 9.90. The molecule has 2 aromatic rings. The molecule has 6 heteroatoms. The van der Waals surface area contributed by atoms with Gasteiger partial charge in [-0.05, 0) is 31.9 Å². The van der Waals surface area contributed by atoms with Gasteiger partial charge in [-0.15, -0.1) is 0 Å². The zero-order chi connectivity index (χ0) is 22.4. The third-order valence-corrected chi connectivity index (χ3v) is 5.22. The van der Waals surface area contributed by atoms with Crippen molar-refractivity contribution >= 4 is 11.8 Å². The van der Waals surface area contributed by atoms with Crippen LogP contribution in [0.1, 0.15) is 44.9 Å². The number of nitrogens with zero attached hydrogens (tertiary/aromatic N) is 1. The molecule has 2 aromatic carbocycles. The van der Waals surface area contributed by atoms with Gasteiger partial charge < -0.3 is 19.7 Å². The van der Waals surface area contributed by atoms with E-state index in [2.05, 4.69) is 5.32 Å². The molecule has 0 unspecified atom stereocenters. The summed E-state index contributed by atoms with van der Waals surface area (Å²) in [5.41, 5.74) is 1.72. The van der Waals surface area contributed by atoms with Gasteiger partial charge in [0.05, 0.1) is 37.5 Å². The predicted molar refractivity (Wildman–Crippen MR) is 119 cm³/mol. The number of nitrogens with one attached hydrogen (secondary N) is 1. The molecule has 166 valence electrons. The average Bonchev–Trinajstić information content (AvgIpc) is 2.74. The summed E-state index contributed by atoms with van der Waals surface area (Å²) in [6, 6.07) is 18.7. The lowest BCUT2D eigenvalue weighted by molar-refractivity contribution is -0.168. The van der Waals surface area contributed by atoms with Crippen molar-refractivity contribution in [3.8, 4) is 0 Å². The number of carbonyl (C=O) groups is 2. The summed E-state index contributed by atoms with van der Waals surface area (Å²) in [5, 5.41) is 2.78. The van der Waals surface area contributed by atoms with Crippen LogP contribution in [0, 0.1) is 0 Å². The molecule has 1 saturated heterocycles. The minimum Gasteiger partial charge on any atom is -0.374 e. The van der Waals surface area contributed by atoms with Gasteiger partial charge in [-0.25, -0.2) is 0 Å². The second-order valence-electron chi connectivity index (χ2n) is 8.84. The SMILES string of the molecule is CC(=O)N[C@H]1C(=O)N([C@H](COCc2ccccc2)c2ccccc2)[C@@H]1COC(C)(C)C. The maximum absolute atomic E-state index is 13.1. The monoisotopic (exact) mass is 424 g/mol. The van der Waals surface area contributed by atoms with Gasteiger partial charge in [0.2, 0.25) is 11.8 Å². The Balaban J connectivity index is 1.79. The molecule has 1 aliphatic rings. The summed E-state index contributed by atoms with van der Waals surface area (Å²) in [5.74, 6) is -0.342. The Hall–Kier alpha value is -2.70. The maximum Gasteiger partial charge on any atom is 0.248 e. The van der Waals surface area contributed by atoms with Gasteiger partial charge in [-0.1, -0.05) is 60.7 Å². The quantitative estimate of drug-likeness (QED) is 0.626. The van der Waals surface area contributed by atoms with Crippen LogP contribution in [0.2, 0.25) is 0 Å². The Morgan fingerprint density at radius 3 is 2.26 bits per heavy atom. The molecule has 3 atom stereocenters. The first-order valence-electron chi connectivity index (χ1n) is 10.7. The van der Waals surface area contributed by atoms with E-state index in [0.717, 1.165) is 11.1 Å². The normalized spacial score (nSPS) is 19.6. The van der Waals surface area contributed by atoms with E-state index in [4.69, 9.17) is 9.47 Å². The molecule has 6 nitrogen and oxygen atoms in total. The van der Waals surface area contributed by atoms with Crippen LogP contribution < -0.4 is 5.32 Å². The van der Waals surface area contributed by atoms with Crippen molar-refractivity contribution in [1.29, 1.82) is 0 Å².